The molecule has 0 radical (unpaired) electrons. The van der Waals surface area contributed by atoms with Gasteiger partial charge in [0, 0.05) is 13.0 Å². The van der Waals surface area contributed by atoms with Gasteiger partial charge in [-0.05, 0) is 13.3 Å². The molecule has 0 bridgehead atoms. The third kappa shape index (κ3) is 8.58. The summed E-state index contributed by atoms with van der Waals surface area (Å²) in [7, 11) is 0. The molecule has 4 N–H and O–H groups in total. The van der Waals surface area contributed by atoms with Crippen molar-refractivity contribution in [2.24, 2.45) is 0 Å². The zero-order valence-corrected chi connectivity index (χ0v) is 11.0. The van der Waals surface area contributed by atoms with Crippen LogP contribution in [0.25, 0.3) is 0 Å². The number of carbonyl (C=O) groups is 4. The van der Waals surface area contributed by atoms with Crippen LogP contribution in [-0.4, -0.2) is 41.5 Å². The van der Waals surface area contributed by atoms with Crippen LogP contribution in [0.15, 0.2) is 0 Å². The molecule has 0 aliphatic carbocycles. The van der Waals surface area contributed by atoms with Crippen LogP contribution in [-0.2, 0) is 14.4 Å². The van der Waals surface area contributed by atoms with Gasteiger partial charge in [-0.3, -0.25) is 19.7 Å². The van der Waals surface area contributed by atoms with Gasteiger partial charge in [0.1, 0.15) is 6.04 Å². The smallest absolute Gasteiger partial charge is 0.322 e. The number of hydrogen-bond donors (Lipinski definition) is 4. The van der Waals surface area contributed by atoms with Gasteiger partial charge in [-0.25, -0.2) is 4.79 Å². The fourth-order valence-electron chi connectivity index (χ4n) is 1.11. The Balaban J connectivity index is 3.99. The van der Waals surface area contributed by atoms with E-state index < -0.39 is 23.9 Å². The Morgan fingerprint density at radius 1 is 1.16 bits per heavy atom. The Labute approximate surface area is 110 Å². The van der Waals surface area contributed by atoms with E-state index in [0.29, 0.717) is 6.54 Å². The van der Waals surface area contributed by atoms with Crippen LogP contribution in [0.4, 0.5) is 4.79 Å². The predicted octanol–water partition coefficient (Wildman–Crippen LogP) is -0.408. The van der Waals surface area contributed by atoms with Gasteiger partial charge in [0.25, 0.3) is 0 Å². The van der Waals surface area contributed by atoms with Crippen LogP contribution in [0.1, 0.15) is 33.1 Å². The minimum Gasteiger partial charge on any atom is -0.481 e. The molecule has 0 aromatic carbocycles. The standard InChI is InChI=1S/C11H19N3O5/c1-3-6-12-10(18)7(2)13-11(19)14-8(15)4-5-9(16)17/h7H,3-6H2,1-2H3,(H,12,18)(H,16,17)(H2,13,14,15,19). The Bertz CT molecular complexity index is 356. The molecule has 0 spiro atoms. The molecule has 8 nitrogen and oxygen atoms in total. The lowest BCUT2D eigenvalue weighted by atomic mass is 10.3. The van der Waals surface area contributed by atoms with E-state index in [2.05, 4.69) is 10.6 Å². The van der Waals surface area contributed by atoms with Crippen LogP contribution < -0.4 is 16.0 Å². The van der Waals surface area contributed by atoms with Crippen LogP contribution >= 0.6 is 0 Å². The highest BCUT2D eigenvalue weighted by Gasteiger charge is 2.16. The zero-order chi connectivity index (χ0) is 14.8. The molecule has 0 aliphatic rings. The molecule has 8 heteroatoms. The van der Waals surface area contributed by atoms with Crippen molar-refractivity contribution in [1.82, 2.24) is 16.0 Å². The van der Waals surface area contributed by atoms with Crippen LogP contribution in [0.5, 0.6) is 0 Å². The van der Waals surface area contributed by atoms with Crippen molar-refractivity contribution < 1.29 is 24.3 Å². The molecule has 108 valence electrons. The maximum atomic E-state index is 11.4. The SMILES string of the molecule is CCCNC(=O)C(C)NC(=O)NC(=O)CCC(=O)O. The molecule has 0 heterocycles. The summed E-state index contributed by atoms with van der Waals surface area (Å²) in [5.41, 5.74) is 0. The number of aliphatic carboxylic acids is 1. The fourth-order valence-corrected chi connectivity index (χ4v) is 1.11. The first-order valence-electron chi connectivity index (χ1n) is 5.96. The number of carboxylic acid groups (broad SMARTS) is 1. The highest BCUT2D eigenvalue weighted by molar-refractivity contribution is 5.97. The lowest BCUT2D eigenvalue weighted by Gasteiger charge is -2.13. The van der Waals surface area contributed by atoms with Crippen LogP contribution in [0.2, 0.25) is 0 Å². The maximum absolute atomic E-state index is 11.4. The molecule has 19 heavy (non-hydrogen) atoms. The summed E-state index contributed by atoms with van der Waals surface area (Å²) in [6.07, 6.45) is 0.128. The van der Waals surface area contributed by atoms with E-state index >= 15 is 0 Å². The molecule has 1 unspecified atom stereocenters. The monoisotopic (exact) mass is 273 g/mol. The summed E-state index contributed by atoms with van der Waals surface area (Å²) in [5, 5.41) is 15.2. The third-order valence-electron chi connectivity index (χ3n) is 2.11. The molecular formula is C11H19N3O5. The molecule has 0 aromatic rings. The lowest BCUT2D eigenvalue weighted by molar-refractivity contribution is -0.138. The van der Waals surface area contributed by atoms with E-state index in [1.54, 1.807) is 0 Å². The van der Waals surface area contributed by atoms with Crippen molar-refractivity contribution >= 4 is 23.8 Å². The van der Waals surface area contributed by atoms with E-state index in [0.717, 1.165) is 6.42 Å². The minimum absolute atomic E-state index is 0.292. The van der Waals surface area contributed by atoms with Gasteiger partial charge in [-0.1, -0.05) is 6.92 Å². The minimum atomic E-state index is -1.12. The van der Waals surface area contributed by atoms with Gasteiger partial charge in [0.05, 0.1) is 6.42 Å². The number of hydrogen-bond acceptors (Lipinski definition) is 4. The Hall–Kier alpha value is -2.12. The molecular weight excluding hydrogens is 254 g/mol. The van der Waals surface area contributed by atoms with Gasteiger partial charge in [-0.2, -0.15) is 0 Å². The number of carbonyl (C=O) groups excluding carboxylic acids is 3. The second-order valence-corrected chi connectivity index (χ2v) is 3.93. The normalized spacial score (nSPS) is 11.3. The number of nitrogens with one attached hydrogen (secondary N) is 3. The summed E-state index contributed by atoms with van der Waals surface area (Å²) in [4.78, 5) is 44.1. The zero-order valence-electron chi connectivity index (χ0n) is 11.0. The van der Waals surface area contributed by atoms with E-state index in [9.17, 15) is 19.2 Å². The number of imide groups is 1. The lowest BCUT2D eigenvalue weighted by Crippen LogP contribution is -2.49. The van der Waals surface area contributed by atoms with Gasteiger partial charge in [0.2, 0.25) is 11.8 Å². The van der Waals surface area contributed by atoms with Gasteiger partial charge >= 0.3 is 12.0 Å². The number of rotatable bonds is 7. The van der Waals surface area contributed by atoms with Gasteiger partial charge < -0.3 is 15.7 Å². The Kier molecular flexibility index (Phi) is 7.90. The van der Waals surface area contributed by atoms with Crippen molar-refractivity contribution in [2.75, 3.05) is 6.54 Å². The first kappa shape index (κ1) is 16.9. The summed E-state index contributed by atoms with van der Waals surface area (Å²) in [6, 6.07) is -1.60. The predicted molar refractivity (Wildman–Crippen MR) is 66.3 cm³/mol. The number of urea groups is 1. The molecule has 0 aliphatic heterocycles. The molecule has 0 aromatic heterocycles. The molecule has 0 rings (SSSR count). The Morgan fingerprint density at radius 2 is 1.79 bits per heavy atom. The molecule has 0 saturated heterocycles. The van der Waals surface area contributed by atoms with E-state index in [1.807, 2.05) is 12.2 Å². The molecule has 0 saturated carbocycles. The van der Waals surface area contributed by atoms with E-state index in [4.69, 9.17) is 5.11 Å². The first-order chi connectivity index (χ1) is 8.86. The molecule has 0 fully saturated rings. The van der Waals surface area contributed by atoms with Gasteiger partial charge in [0.15, 0.2) is 0 Å². The van der Waals surface area contributed by atoms with Crippen LogP contribution in [0, 0.1) is 0 Å². The maximum Gasteiger partial charge on any atom is 0.322 e. The second kappa shape index (κ2) is 8.90. The number of amides is 4. The summed E-state index contributed by atoms with van der Waals surface area (Å²) < 4.78 is 0. The van der Waals surface area contributed by atoms with Gasteiger partial charge in [-0.15, -0.1) is 0 Å². The topological polar surface area (TPSA) is 125 Å². The highest BCUT2D eigenvalue weighted by atomic mass is 16.4. The largest absolute Gasteiger partial charge is 0.481 e. The van der Waals surface area contributed by atoms with Crippen molar-refractivity contribution in [2.45, 2.75) is 39.2 Å². The fraction of sp³-hybridized carbons (Fsp3) is 0.636. The van der Waals surface area contributed by atoms with E-state index in [-0.39, 0.29) is 18.7 Å². The average Bonchev–Trinajstić information content (AvgIpc) is 2.33. The summed E-state index contributed by atoms with van der Waals surface area (Å²) in [6.45, 7) is 3.88. The molecule has 4 amide bonds. The summed E-state index contributed by atoms with van der Waals surface area (Å²) in [5.74, 6) is -2.18. The highest BCUT2D eigenvalue weighted by Crippen LogP contribution is 1.89. The van der Waals surface area contributed by atoms with Crippen molar-refractivity contribution in [1.29, 1.82) is 0 Å². The molecule has 1 atom stereocenters. The Morgan fingerprint density at radius 3 is 2.32 bits per heavy atom. The van der Waals surface area contributed by atoms with Crippen molar-refractivity contribution in [3.8, 4) is 0 Å². The quantitative estimate of drug-likeness (QED) is 0.502. The number of carboxylic acids is 1. The van der Waals surface area contributed by atoms with Crippen molar-refractivity contribution in [3.63, 3.8) is 0 Å². The average molecular weight is 273 g/mol. The first-order valence-corrected chi connectivity index (χ1v) is 5.96. The van der Waals surface area contributed by atoms with Crippen LogP contribution in [0.3, 0.4) is 0 Å². The third-order valence-corrected chi connectivity index (χ3v) is 2.11. The summed E-state index contributed by atoms with van der Waals surface area (Å²) >= 11 is 0. The van der Waals surface area contributed by atoms with E-state index in [1.165, 1.54) is 6.92 Å². The second-order valence-electron chi connectivity index (χ2n) is 3.93. The van der Waals surface area contributed by atoms with Crippen molar-refractivity contribution in [3.05, 3.63) is 0 Å².